The number of nitrogens with zero attached hydrogens (tertiary/aromatic N) is 6. The minimum atomic E-state index is -0.795. The van der Waals surface area contributed by atoms with Gasteiger partial charge in [-0.05, 0) is 13.3 Å². The molecule has 0 aliphatic carbocycles. The van der Waals surface area contributed by atoms with E-state index < -0.39 is 42.7 Å². The summed E-state index contributed by atoms with van der Waals surface area (Å²) < 4.78 is 26.2. The van der Waals surface area contributed by atoms with E-state index in [1.54, 1.807) is 13.1 Å². The third-order valence-electron chi connectivity index (χ3n) is 6.95. The zero-order chi connectivity index (χ0) is 31.7. The quantitative estimate of drug-likeness (QED) is 0.283. The third-order valence-corrected chi connectivity index (χ3v) is 8.71. The van der Waals surface area contributed by atoms with E-state index in [-0.39, 0.29) is 28.4 Å². The number of nitrogen functional groups attached to an aromatic ring is 1. The molecule has 6 heterocycles. The Morgan fingerprint density at radius 1 is 0.932 bits per heavy atom. The van der Waals surface area contributed by atoms with E-state index >= 15 is 0 Å². The molecule has 16 nitrogen and oxygen atoms in total. The van der Waals surface area contributed by atoms with Crippen molar-refractivity contribution in [2.75, 3.05) is 12.3 Å². The van der Waals surface area contributed by atoms with Crippen LogP contribution in [0.2, 0.25) is 0 Å². The van der Waals surface area contributed by atoms with Crippen LogP contribution in [0.3, 0.4) is 0 Å². The van der Waals surface area contributed by atoms with Crippen molar-refractivity contribution in [1.29, 1.82) is 0 Å². The zero-order valence-corrected chi connectivity index (χ0v) is 25.9. The third kappa shape index (κ3) is 6.48. The van der Waals surface area contributed by atoms with Gasteiger partial charge < -0.3 is 29.8 Å². The largest absolute Gasteiger partial charge is 0.458 e. The number of nitrogens with two attached hydrogens (primary N) is 1. The summed E-state index contributed by atoms with van der Waals surface area (Å²) >= 11 is 2.01. The number of carbonyl (C=O) groups excluding carboxylic acids is 2. The van der Waals surface area contributed by atoms with E-state index in [9.17, 15) is 24.3 Å². The molecule has 0 radical (unpaired) electrons. The Morgan fingerprint density at radius 2 is 1.43 bits per heavy atom. The molecular formula is C26H31N7O9S2. The average molecular weight is 650 g/mol. The first kappa shape index (κ1) is 31.6. The number of anilines is 1. The predicted octanol–water partition coefficient (Wildman–Crippen LogP) is 1.44. The van der Waals surface area contributed by atoms with Gasteiger partial charge in [-0.1, -0.05) is 29.6 Å². The summed E-state index contributed by atoms with van der Waals surface area (Å²) in [4.78, 5) is 63.0. The van der Waals surface area contributed by atoms with Crippen LogP contribution in [0.15, 0.2) is 22.0 Å². The number of hydrogen-bond acceptors (Lipinski definition) is 16. The van der Waals surface area contributed by atoms with Crippen molar-refractivity contribution in [3.63, 3.8) is 0 Å². The fraction of sp³-hybridized carbons (Fsp3) is 0.538. The monoisotopic (exact) mass is 649 g/mol. The average Bonchev–Trinajstić information content (AvgIpc) is 3.70. The van der Waals surface area contributed by atoms with Gasteiger partial charge in [-0.2, -0.15) is 4.98 Å². The molecule has 0 bridgehead atoms. The Kier molecular flexibility index (Phi) is 9.35. The molecule has 2 aliphatic heterocycles. The number of fused-ring (bicyclic) bond motifs is 2. The molecule has 2 unspecified atom stereocenters. The maximum absolute atomic E-state index is 12.3. The Balaban J connectivity index is 0.000000175. The van der Waals surface area contributed by atoms with Crippen LogP contribution in [0, 0.1) is 6.92 Å². The second kappa shape index (κ2) is 13.0. The standard InChI is InChI=1S/C13H16N4O4S.C13H15N3O5S/c1-3-7-4-8(20-6(2)18)11(21-7)17-10-9(22-13(17)19)5-15-12(14)16-10;1-6-14-4-10-11(15-6)16(13(19)22-10)12-9(20-7(2)18)3-8(5-17)21-12/h5,7-8,11H,3-4H2,1-2H3,(H2,14,15,16);4,8-9,12,17H,3,5H2,1-2H3/t7-,8-,11?;8-,9+,12?/m10/s1. The fourth-order valence-corrected chi connectivity index (χ4v) is 6.76. The lowest BCUT2D eigenvalue weighted by atomic mass is 10.1. The summed E-state index contributed by atoms with van der Waals surface area (Å²) in [6, 6.07) is 0. The molecule has 0 spiro atoms. The molecule has 2 fully saturated rings. The van der Waals surface area contributed by atoms with E-state index in [0.29, 0.717) is 39.4 Å². The number of rotatable bonds is 6. The molecule has 6 atom stereocenters. The molecule has 0 aromatic carbocycles. The zero-order valence-electron chi connectivity index (χ0n) is 24.2. The van der Waals surface area contributed by atoms with Gasteiger partial charge in [0, 0.05) is 26.7 Å². The van der Waals surface area contributed by atoms with E-state index in [4.69, 9.17) is 24.7 Å². The summed E-state index contributed by atoms with van der Waals surface area (Å²) in [5.74, 6) is -0.263. The van der Waals surface area contributed by atoms with Crippen LogP contribution in [-0.4, -0.2) is 77.1 Å². The van der Waals surface area contributed by atoms with Gasteiger partial charge >= 0.3 is 21.7 Å². The molecule has 18 heteroatoms. The highest BCUT2D eigenvalue weighted by Crippen LogP contribution is 2.35. The van der Waals surface area contributed by atoms with Gasteiger partial charge in [0.25, 0.3) is 0 Å². The number of aliphatic hydroxyl groups is 1. The molecule has 2 aliphatic rings. The number of thiazole rings is 2. The molecule has 0 saturated carbocycles. The highest BCUT2D eigenvalue weighted by molar-refractivity contribution is 7.16. The van der Waals surface area contributed by atoms with Gasteiger partial charge in [0.1, 0.15) is 18.0 Å². The van der Waals surface area contributed by atoms with Gasteiger partial charge in [0.05, 0.1) is 40.6 Å². The van der Waals surface area contributed by atoms with Gasteiger partial charge in [-0.25, -0.2) is 15.0 Å². The fourth-order valence-electron chi connectivity index (χ4n) is 5.12. The number of carbonyl (C=O) groups is 2. The van der Waals surface area contributed by atoms with Gasteiger partial charge in [0.2, 0.25) is 5.95 Å². The van der Waals surface area contributed by atoms with Crippen molar-refractivity contribution in [1.82, 2.24) is 29.1 Å². The number of aromatic nitrogens is 6. The van der Waals surface area contributed by atoms with Crippen molar-refractivity contribution in [3.8, 4) is 0 Å². The maximum atomic E-state index is 12.3. The van der Waals surface area contributed by atoms with Gasteiger partial charge in [-0.15, -0.1) is 0 Å². The first-order valence-corrected chi connectivity index (χ1v) is 15.4. The first-order chi connectivity index (χ1) is 21.0. The second-order valence-electron chi connectivity index (χ2n) is 10.2. The number of aryl methyl sites for hydroxylation is 1. The Bertz CT molecular complexity index is 1670. The SMILES string of the molecule is CC(=O)O[C@@H]1C[C@@H](CO)OC1n1c(=O)sc2cnc(C)nc21.CC[C@@H]1C[C@@H](OC(C)=O)C(n2c(=O)sc3cnc(N)nc32)O1. The lowest BCUT2D eigenvalue weighted by Crippen LogP contribution is -2.30. The van der Waals surface area contributed by atoms with Crippen LogP contribution in [0.4, 0.5) is 5.95 Å². The van der Waals surface area contributed by atoms with E-state index in [2.05, 4.69) is 19.9 Å². The molecule has 44 heavy (non-hydrogen) atoms. The van der Waals surface area contributed by atoms with Crippen molar-refractivity contribution in [2.24, 2.45) is 0 Å². The highest BCUT2D eigenvalue weighted by Gasteiger charge is 2.41. The van der Waals surface area contributed by atoms with Crippen LogP contribution in [-0.2, 0) is 28.5 Å². The Labute approximate surface area is 257 Å². The molecule has 3 N–H and O–H groups in total. The minimum absolute atomic E-state index is 0.0737. The number of hydrogen-bond donors (Lipinski definition) is 2. The minimum Gasteiger partial charge on any atom is -0.458 e. The Hall–Kier alpha value is -3.84. The summed E-state index contributed by atoms with van der Waals surface area (Å²) in [5, 5.41) is 9.28. The Morgan fingerprint density at radius 3 is 1.95 bits per heavy atom. The number of ether oxygens (including phenoxy) is 4. The molecular weight excluding hydrogens is 618 g/mol. The van der Waals surface area contributed by atoms with Crippen molar-refractivity contribution < 1.29 is 33.6 Å². The van der Waals surface area contributed by atoms with E-state index in [0.717, 1.165) is 29.1 Å². The molecule has 4 aromatic rings. The van der Waals surface area contributed by atoms with Crippen LogP contribution in [0.5, 0.6) is 0 Å². The van der Waals surface area contributed by atoms with Crippen molar-refractivity contribution in [3.05, 3.63) is 37.6 Å². The van der Waals surface area contributed by atoms with Crippen LogP contribution in [0.1, 0.15) is 58.3 Å². The van der Waals surface area contributed by atoms with Gasteiger partial charge in [0.15, 0.2) is 23.8 Å². The summed E-state index contributed by atoms with van der Waals surface area (Å²) in [7, 11) is 0. The summed E-state index contributed by atoms with van der Waals surface area (Å²) in [6.45, 7) is 6.13. The lowest BCUT2D eigenvalue weighted by molar-refractivity contribution is -0.153. The predicted molar refractivity (Wildman–Crippen MR) is 158 cm³/mol. The summed E-state index contributed by atoms with van der Waals surface area (Å²) in [5.41, 5.74) is 6.46. The van der Waals surface area contributed by atoms with E-state index in [1.165, 1.54) is 29.2 Å². The molecule has 0 amide bonds. The molecule has 6 rings (SSSR count). The second-order valence-corrected chi connectivity index (χ2v) is 12.1. The molecule has 4 aromatic heterocycles. The van der Waals surface area contributed by atoms with Crippen LogP contribution in [0.25, 0.3) is 20.7 Å². The maximum Gasteiger partial charge on any atom is 0.311 e. The van der Waals surface area contributed by atoms with Crippen LogP contribution < -0.4 is 15.5 Å². The highest BCUT2D eigenvalue weighted by atomic mass is 32.1. The van der Waals surface area contributed by atoms with Crippen molar-refractivity contribution in [2.45, 2.75) is 83.8 Å². The number of esters is 2. The molecule has 236 valence electrons. The smallest absolute Gasteiger partial charge is 0.311 e. The first-order valence-electron chi connectivity index (χ1n) is 13.7. The topological polar surface area (TPSA) is 213 Å². The van der Waals surface area contributed by atoms with Crippen LogP contribution >= 0.6 is 22.7 Å². The summed E-state index contributed by atoms with van der Waals surface area (Å²) in [6.07, 6.45) is 1.53. The van der Waals surface area contributed by atoms with Crippen molar-refractivity contribution >= 4 is 61.3 Å². The molecule has 2 saturated heterocycles. The van der Waals surface area contributed by atoms with Gasteiger partial charge in [-0.3, -0.25) is 28.3 Å². The number of aliphatic hydroxyl groups excluding tert-OH is 1. The normalized spacial score (nSPS) is 24.8. The van der Waals surface area contributed by atoms with E-state index in [1.807, 2.05) is 6.92 Å². The lowest BCUT2D eigenvalue weighted by Gasteiger charge is -2.19.